The molecule has 0 aromatic carbocycles. The van der Waals surface area contributed by atoms with E-state index >= 15 is 0 Å². The first kappa shape index (κ1) is 16.2. The van der Waals surface area contributed by atoms with Crippen LogP contribution in [0.5, 0.6) is 0 Å². The molecule has 0 fully saturated rings. The highest BCUT2D eigenvalue weighted by Gasteiger charge is 2.15. The van der Waals surface area contributed by atoms with Gasteiger partial charge in [-0.15, -0.1) is 0 Å². The van der Waals surface area contributed by atoms with Crippen LogP contribution in [0.15, 0.2) is 16.7 Å². The van der Waals surface area contributed by atoms with Gasteiger partial charge in [0.25, 0.3) is 0 Å². The van der Waals surface area contributed by atoms with Gasteiger partial charge in [0.1, 0.15) is 0 Å². The number of rotatable bonds is 8. The number of carbonyl (C=O) groups excluding carboxylic acids is 2. The molecule has 6 heteroatoms. The number of hydrogen-bond donors (Lipinski definition) is 2. The maximum absolute atomic E-state index is 11.5. The van der Waals surface area contributed by atoms with E-state index in [9.17, 15) is 9.59 Å². The molecular formula is C14H22N2O4. The normalized spacial score (nSPS) is 10.6. The van der Waals surface area contributed by atoms with Crippen LogP contribution in [-0.4, -0.2) is 32.1 Å². The molecule has 6 nitrogen and oxygen atoms in total. The van der Waals surface area contributed by atoms with Crippen LogP contribution in [0.25, 0.3) is 0 Å². The number of carbonyl (C=O) groups is 2. The van der Waals surface area contributed by atoms with E-state index in [0.717, 1.165) is 5.56 Å². The smallest absolute Gasteiger partial charge is 0.374 e. The molecule has 0 unspecified atom stereocenters. The van der Waals surface area contributed by atoms with Crippen molar-refractivity contribution in [2.24, 2.45) is 5.92 Å². The highest BCUT2D eigenvalue weighted by Crippen LogP contribution is 2.11. The van der Waals surface area contributed by atoms with Gasteiger partial charge in [0.15, 0.2) is 0 Å². The standard InChI is InChI=1S/C14H22N2O4/c1-10(2)8-16-12(17)4-6-15-9-11-5-7-20-13(11)14(18)19-3/h5,7,10,15H,4,6,8-9H2,1-3H3,(H,16,17). The number of methoxy groups -OCH3 is 1. The van der Waals surface area contributed by atoms with Crippen molar-refractivity contribution in [2.45, 2.75) is 26.8 Å². The van der Waals surface area contributed by atoms with Crippen molar-refractivity contribution >= 4 is 11.9 Å². The number of ether oxygens (including phenoxy) is 1. The minimum absolute atomic E-state index is 0.0200. The number of amides is 1. The molecule has 1 aromatic heterocycles. The summed E-state index contributed by atoms with van der Waals surface area (Å²) in [5.74, 6) is 0.165. The van der Waals surface area contributed by atoms with Crippen molar-refractivity contribution < 1.29 is 18.7 Å². The maximum atomic E-state index is 11.5. The average molecular weight is 282 g/mol. The van der Waals surface area contributed by atoms with Crippen molar-refractivity contribution in [3.8, 4) is 0 Å². The lowest BCUT2D eigenvalue weighted by atomic mass is 10.2. The van der Waals surface area contributed by atoms with E-state index in [4.69, 9.17) is 4.42 Å². The number of nitrogens with one attached hydrogen (secondary N) is 2. The van der Waals surface area contributed by atoms with E-state index < -0.39 is 5.97 Å². The molecule has 112 valence electrons. The first-order valence-electron chi connectivity index (χ1n) is 6.66. The predicted octanol–water partition coefficient (Wildman–Crippen LogP) is 1.32. The Morgan fingerprint density at radius 1 is 1.40 bits per heavy atom. The Hall–Kier alpha value is -1.82. The van der Waals surface area contributed by atoms with E-state index in [2.05, 4.69) is 15.4 Å². The number of hydrogen-bond acceptors (Lipinski definition) is 5. The Labute approximate surface area is 118 Å². The van der Waals surface area contributed by atoms with Crippen molar-refractivity contribution in [1.82, 2.24) is 10.6 Å². The summed E-state index contributed by atoms with van der Waals surface area (Å²) in [4.78, 5) is 22.9. The second-order valence-corrected chi connectivity index (χ2v) is 4.89. The minimum atomic E-state index is -0.499. The molecule has 0 aliphatic carbocycles. The van der Waals surface area contributed by atoms with E-state index in [0.29, 0.717) is 32.0 Å². The highest BCUT2D eigenvalue weighted by atomic mass is 16.5. The van der Waals surface area contributed by atoms with Gasteiger partial charge in [-0.05, 0) is 12.0 Å². The molecule has 1 aromatic rings. The summed E-state index contributed by atoms with van der Waals surface area (Å²) in [6.45, 7) is 5.78. The van der Waals surface area contributed by atoms with Crippen LogP contribution in [0.1, 0.15) is 36.4 Å². The fraction of sp³-hybridized carbons (Fsp3) is 0.571. The minimum Gasteiger partial charge on any atom is -0.463 e. The highest BCUT2D eigenvalue weighted by molar-refractivity contribution is 5.87. The van der Waals surface area contributed by atoms with Crippen LogP contribution in [0.2, 0.25) is 0 Å². The second kappa shape index (κ2) is 8.37. The zero-order valence-electron chi connectivity index (χ0n) is 12.2. The topological polar surface area (TPSA) is 80.6 Å². The third-order valence-electron chi connectivity index (χ3n) is 2.67. The average Bonchev–Trinajstić information content (AvgIpc) is 2.88. The Morgan fingerprint density at radius 2 is 2.15 bits per heavy atom. The van der Waals surface area contributed by atoms with Crippen LogP contribution in [0.4, 0.5) is 0 Å². The van der Waals surface area contributed by atoms with Crippen LogP contribution < -0.4 is 10.6 Å². The van der Waals surface area contributed by atoms with Gasteiger partial charge in [0.05, 0.1) is 13.4 Å². The van der Waals surface area contributed by atoms with Gasteiger partial charge in [-0.3, -0.25) is 4.79 Å². The van der Waals surface area contributed by atoms with Gasteiger partial charge in [-0.25, -0.2) is 4.79 Å². The molecule has 1 rings (SSSR count). The molecule has 0 aliphatic heterocycles. The maximum Gasteiger partial charge on any atom is 0.374 e. The van der Waals surface area contributed by atoms with E-state index in [1.54, 1.807) is 6.07 Å². The number of furan rings is 1. The summed E-state index contributed by atoms with van der Waals surface area (Å²) in [5, 5.41) is 5.94. The summed E-state index contributed by atoms with van der Waals surface area (Å²) in [6, 6.07) is 1.71. The van der Waals surface area contributed by atoms with Crippen molar-refractivity contribution in [2.75, 3.05) is 20.2 Å². The Bertz CT molecular complexity index is 440. The summed E-state index contributed by atoms with van der Waals surface area (Å²) < 4.78 is 9.68. The van der Waals surface area contributed by atoms with Crippen molar-refractivity contribution in [1.29, 1.82) is 0 Å². The third kappa shape index (κ3) is 5.44. The molecule has 0 saturated carbocycles. The molecule has 0 saturated heterocycles. The molecule has 0 spiro atoms. The van der Waals surface area contributed by atoms with Gasteiger partial charge in [0, 0.05) is 31.6 Å². The molecule has 2 N–H and O–H groups in total. The molecule has 1 amide bonds. The number of esters is 1. The summed E-state index contributed by atoms with van der Waals surface area (Å²) >= 11 is 0. The zero-order chi connectivity index (χ0) is 15.0. The molecule has 20 heavy (non-hydrogen) atoms. The summed E-state index contributed by atoms with van der Waals surface area (Å²) in [6.07, 6.45) is 1.84. The van der Waals surface area contributed by atoms with Crippen molar-refractivity contribution in [3.63, 3.8) is 0 Å². The Morgan fingerprint density at radius 3 is 2.80 bits per heavy atom. The molecule has 1 heterocycles. The Balaban J connectivity index is 2.26. The van der Waals surface area contributed by atoms with Crippen LogP contribution in [0.3, 0.4) is 0 Å². The van der Waals surface area contributed by atoms with E-state index in [-0.39, 0.29) is 11.7 Å². The lowest BCUT2D eigenvalue weighted by molar-refractivity contribution is -0.121. The van der Waals surface area contributed by atoms with E-state index in [1.165, 1.54) is 13.4 Å². The third-order valence-corrected chi connectivity index (χ3v) is 2.67. The summed E-state index contributed by atoms with van der Waals surface area (Å²) in [5.41, 5.74) is 0.722. The molecular weight excluding hydrogens is 260 g/mol. The van der Waals surface area contributed by atoms with Crippen LogP contribution in [0, 0.1) is 5.92 Å². The van der Waals surface area contributed by atoms with Crippen LogP contribution >= 0.6 is 0 Å². The van der Waals surface area contributed by atoms with Gasteiger partial charge in [0.2, 0.25) is 11.7 Å². The molecule has 0 aliphatic rings. The molecule has 0 atom stereocenters. The fourth-order valence-electron chi connectivity index (χ4n) is 1.58. The first-order valence-corrected chi connectivity index (χ1v) is 6.66. The van der Waals surface area contributed by atoms with E-state index in [1.807, 2.05) is 13.8 Å². The van der Waals surface area contributed by atoms with Crippen molar-refractivity contribution in [3.05, 3.63) is 23.7 Å². The van der Waals surface area contributed by atoms with Gasteiger partial charge >= 0.3 is 5.97 Å². The summed E-state index contributed by atoms with van der Waals surface area (Å²) in [7, 11) is 1.31. The monoisotopic (exact) mass is 282 g/mol. The van der Waals surface area contributed by atoms with Crippen LogP contribution in [-0.2, 0) is 16.1 Å². The lowest BCUT2D eigenvalue weighted by Gasteiger charge is -2.08. The van der Waals surface area contributed by atoms with Gasteiger partial charge < -0.3 is 19.8 Å². The first-order chi connectivity index (χ1) is 9.54. The lowest BCUT2D eigenvalue weighted by Crippen LogP contribution is -2.30. The SMILES string of the molecule is COC(=O)c1occc1CNCCC(=O)NCC(C)C. The predicted molar refractivity (Wildman–Crippen MR) is 74.2 cm³/mol. The fourth-order valence-corrected chi connectivity index (χ4v) is 1.58. The van der Waals surface area contributed by atoms with Gasteiger partial charge in [-0.2, -0.15) is 0 Å². The molecule has 0 bridgehead atoms. The quantitative estimate of drug-likeness (QED) is 0.555. The zero-order valence-corrected chi connectivity index (χ0v) is 12.2. The van der Waals surface area contributed by atoms with Gasteiger partial charge in [-0.1, -0.05) is 13.8 Å². The largest absolute Gasteiger partial charge is 0.463 e. The second-order valence-electron chi connectivity index (χ2n) is 4.89. The molecule has 0 radical (unpaired) electrons. The Kier molecular flexibility index (Phi) is 6.79.